The van der Waals surface area contributed by atoms with E-state index in [1.807, 2.05) is 18.2 Å². The number of benzene rings is 1. The fourth-order valence-electron chi connectivity index (χ4n) is 2.51. The molecule has 0 radical (unpaired) electrons. The predicted molar refractivity (Wildman–Crippen MR) is 66.6 cm³/mol. The van der Waals surface area contributed by atoms with Crippen LogP contribution >= 0.6 is 0 Å². The molecule has 0 aliphatic heterocycles. The van der Waals surface area contributed by atoms with Crippen LogP contribution in [-0.4, -0.2) is 13.2 Å². The molecular weight excluding hydrogens is 198 g/mol. The molecule has 0 aromatic heterocycles. The Morgan fingerprint density at radius 3 is 2.62 bits per heavy atom. The first-order valence-corrected chi connectivity index (χ1v) is 5.92. The number of nitrogens with two attached hydrogens (primary N) is 1. The van der Waals surface area contributed by atoms with E-state index in [2.05, 4.69) is 19.9 Å². The average molecular weight is 219 g/mol. The van der Waals surface area contributed by atoms with E-state index in [4.69, 9.17) is 10.5 Å². The number of methoxy groups -OCH3 is 1. The Labute approximate surface area is 97.8 Å². The van der Waals surface area contributed by atoms with Gasteiger partial charge in [-0.2, -0.15) is 0 Å². The Hall–Kier alpha value is -1.02. The largest absolute Gasteiger partial charge is 0.496 e. The van der Waals surface area contributed by atoms with Gasteiger partial charge in [0.1, 0.15) is 5.75 Å². The number of rotatable bonds is 4. The van der Waals surface area contributed by atoms with Crippen LogP contribution in [0.25, 0.3) is 0 Å². The summed E-state index contributed by atoms with van der Waals surface area (Å²) in [5.74, 6) is 1.62. The van der Waals surface area contributed by atoms with Crippen LogP contribution in [0.4, 0.5) is 0 Å². The van der Waals surface area contributed by atoms with Gasteiger partial charge in [-0.05, 0) is 35.8 Å². The second kappa shape index (κ2) is 4.10. The molecule has 0 amide bonds. The Bertz CT molecular complexity index is 373. The first kappa shape index (κ1) is 11.5. The zero-order chi connectivity index (χ0) is 11.8. The fraction of sp³-hybridized carbons (Fsp3) is 0.571. The third-order valence-corrected chi connectivity index (χ3v) is 3.75. The summed E-state index contributed by atoms with van der Waals surface area (Å²) in [4.78, 5) is 0. The van der Waals surface area contributed by atoms with Crippen molar-refractivity contribution in [1.82, 2.24) is 0 Å². The van der Waals surface area contributed by atoms with Crippen LogP contribution in [0.15, 0.2) is 24.3 Å². The van der Waals surface area contributed by atoms with E-state index in [9.17, 15) is 0 Å². The minimum atomic E-state index is 0.256. The van der Waals surface area contributed by atoms with Gasteiger partial charge < -0.3 is 10.5 Å². The molecule has 1 aromatic carbocycles. The van der Waals surface area contributed by atoms with Crippen molar-refractivity contribution in [3.63, 3.8) is 0 Å². The van der Waals surface area contributed by atoms with Gasteiger partial charge in [0.2, 0.25) is 0 Å². The normalized spacial score (nSPS) is 23.9. The highest BCUT2D eigenvalue weighted by atomic mass is 16.5. The van der Waals surface area contributed by atoms with Gasteiger partial charge in [0.15, 0.2) is 0 Å². The summed E-state index contributed by atoms with van der Waals surface area (Å²) in [5.41, 5.74) is 7.92. The van der Waals surface area contributed by atoms with Crippen LogP contribution in [0.1, 0.15) is 25.8 Å². The molecule has 2 rings (SSSR count). The molecule has 0 heterocycles. The molecule has 0 bridgehead atoms. The van der Waals surface area contributed by atoms with Gasteiger partial charge in [-0.25, -0.2) is 0 Å². The third kappa shape index (κ3) is 2.22. The standard InChI is InChI=1S/C14H21NO/c1-14(2)9-11(14)12(15)8-10-6-4-5-7-13(10)16-3/h4-7,11-12H,8-9,15H2,1-3H3. The van der Waals surface area contributed by atoms with Crippen molar-refractivity contribution < 1.29 is 4.74 Å². The third-order valence-electron chi connectivity index (χ3n) is 3.75. The SMILES string of the molecule is COc1ccccc1CC(N)C1CC1(C)C. The minimum Gasteiger partial charge on any atom is -0.496 e. The van der Waals surface area contributed by atoms with Gasteiger partial charge in [-0.1, -0.05) is 32.0 Å². The molecule has 2 N–H and O–H groups in total. The van der Waals surface area contributed by atoms with Crippen molar-refractivity contribution in [3.05, 3.63) is 29.8 Å². The molecule has 1 saturated carbocycles. The number of ether oxygens (including phenoxy) is 1. The van der Waals surface area contributed by atoms with E-state index in [1.165, 1.54) is 12.0 Å². The summed E-state index contributed by atoms with van der Waals surface area (Å²) in [6, 6.07) is 8.40. The molecule has 88 valence electrons. The van der Waals surface area contributed by atoms with Crippen molar-refractivity contribution in [1.29, 1.82) is 0 Å². The first-order valence-electron chi connectivity index (χ1n) is 5.92. The zero-order valence-corrected chi connectivity index (χ0v) is 10.4. The van der Waals surface area contributed by atoms with Crippen LogP contribution in [-0.2, 0) is 6.42 Å². The highest BCUT2D eigenvalue weighted by molar-refractivity contribution is 5.34. The molecule has 1 aromatic rings. The summed E-state index contributed by atoms with van der Waals surface area (Å²) in [7, 11) is 1.71. The van der Waals surface area contributed by atoms with Gasteiger partial charge in [0, 0.05) is 6.04 Å². The Morgan fingerprint density at radius 1 is 1.44 bits per heavy atom. The maximum Gasteiger partial charge on any atom is 0.122 e. The summed E-state index contributed by atoms with van der Waals surface area (Å²) in [6.07, 6.45) is 2.17. The van der Waals surface area contributed by atoms with Crippen molar-refractivity contribution in [3.8, 4) is 5.75 Å². The van der Waals surface area contributed by atoms with Crippen LogP contribution in [0.5, 0.6) is 5.75 Å². The number of hydrogen-bond donors (Lipinski definition) is 1. The van der Waals surface area contributed by atoms with Crippen molar-refractivity contribution in [2.75, 3.05) is 7.11 Å². The van der Waals surface area contributed by atoms with Crippen molar-refractivity contribution in [2.45, 2.75) is 32.7 Å². The summed E-state index contributed by atoms with van der Waals surface area (Å²) < 4.78 is 5.34. The highest BCUT2D eigenvalue weighted by Gasteiger charge is 2.48. The lowest BCUT2D eigenvalue weighted by Gasteiger charge is -2.15. The smallest absolute Gasteiger partial charge is 0.122 e. The predicted octanol–water partition coefficient (Wildman–Crippen LogP) is 2.61. The van der Waals surface area contributed by atoms with Gasteiger partial charge in [0.05, 0.1) is 7.11 Å². The number of hydrogen-bond acceptors (Lipinski definition) is 2. The molecule has 0 spiro atoms. The second-order valence-corrected chi connectivity index (χ2v) is 5.48. The quantitative estimate of drug-likeness (QED) is 0.845. The Morgan fingerprint density at radius 2 is 2.06 bits per heavy atom. The molecule has 1 aliphatic rings. The van der Waals surface area contributed by atoms with E-state index in [-0.39, 0.29) is 6.04 Å². The van der Waals surface area contributed by atoms with E-state index in [0.717, 1.165) is 12.2 Å². The van der Waals surface area contributed by atoms with Crippen LogP contribution in [0.3, 0.4) is 0 Å². The van der Waals surface area contributed by atoms with E-state index in [1.54, 1.807) is 7.11 Å². The highest BCUT2D eigenvalue weighted by Crippen LogP contribution is 2.53. The van der Waals surface area contributed by atoms with Gasteiger partial charge in [-0.15, -0.1) is 0 Å². The molecule has 2 atom stereocenters. The topological polar surface area (TPSA) is 35.2 Å². The molecule has 2 nitrogen and oxygen atoms in total. The second-order valence-electron chi connectivity index (χ2n) is 5.48. The van der Waals surface area contributed by atoms with Gasteiger partial charge >= 0.3 is 0 Å². The first-order chi connectivity index (χ1) is 7.54. The lowest BCUT2D eigenvalue weighted by atomic mass is 9.97. The lowest BCUT2D eigenvalue weighted by Crippen LogP contribution is -2.27. The molecule has 2 unspecified atom stereocenters. The number of para-hydroxylation sites is 1. The maximum atomic E-state index is 6.25. The lowest BCUT2D eigenvalue weighted by molar-refractivity contribution is 0.403. The molecule has 16 heavy (non-hydrogen) atoms. The van der Waals surface area contributed by atoms with Crippen LogP contribution in [0.2, 0.25) is 0 Å². The summed E-state index contributed by atoms with van der Waals surface area (Å²) in [5, 5.41) is 0. The molecular formula is C14H21NO. The molecule has 2 heteroatoms. The summed E-state index contributed by atoms with van der Waals surface area (Å²) >= 11 is 0. The van der Waals surface area contributed by atoms with Crippen molar-refractivity contribution in [2.24, 2.45) is 17.1 Å². The van der Waals surface area contributed by atoms with E-state index in [0.29, 0.717) is 11.3 Å². The van der Waals surface area contributed by atoms with Gasteiger partial charge in [0.25, 0.3) is 0 Å². The Balaban J connectivity index is 2.04. The fourth-order valence-corrected chi connectivity index (χ4v) is 2.51. The molecule has 1 fully saturated rings. The summed E-state index contributed by atoms with van der Waals surface area (Å²) in [6.45, 7) is 4.58. The monoisotopic (exact) mass is 219 g/mol. The van der Waals surface area contributed by atoms with E-state index < -0.39 is 0 Å². The zero-order valence-electron chi connectivity index (χ0n) is 10.4. The van der Waals surface area contributed by atoms with Crippen LogP contribution in [0, 0.1) is 11.3 Å². The van der Waals surface area contributed by atoms with Gasteiger partial charge in [-0.3, -0.25) is 0 Å². The minimum absolute atomic E-state index is 0.256. The van der Waals surface area contributed by atoms with Crippen molar-refractivity contribution >= 4 is 0 Å². The average Bonchev–Trinajstić information content (AvgIpc) is 2.89. The van der Waals surface area contributed by atoms with E-state index >= 15 is 0 Å². The molecule has 1 aliphatic carbocycles. The maximum absolute atomic E-state index is 6.25. The Kier molecular flexibility index (Phi) is 2.94. The molecule has 0 saturated heterocycles. The van der Waals surface area contributed by atoms with Crippen LogP contribution < -0.4 is 10.5 Å².